The second-order valence-corrected chi connectivity index (χ2v) is 16.3. The zero-order chi connectivity index (χ0) is 21.0. The average molecular weight is 443 g/mol. The van der Waals surface area contributed by atoms with E-state index in [9.17, 15) is 9.90 Å². The van der Waals surface area contributed by atoms with Crippen LogP contribution >= 0.6 is 23.5 Å². The summed E-state index contributed by atoms with van der Waals surface area (Å²) in [6, 6.07) is 9.78. The maximum Gasteiger partial charge on any atom is 0.335 e. The maximum atomic E-state index is 13.0. The molecular formula is C21H34O4S2Si. The van der Waals surface area contributed by atoms with Crippen LogP contribution in [-0.2, 0) is 14.0 Å². The number of carbonyl (C=O) groups is 1. The Bertz CT molecular complexity index is 640. The van der Waals surface area contributed by atoms with E-state index < -0.39 is 24.6 Å². The predicted molar refractivity (Wildman–Crippen MR) is 122 cm³/mol. The topological polar surface area (TPSA) is 55.8 Å². The number of aliphatic hydroxyl groups is 1. The first kappa shape index (κ1) is 23.8. The minimum absolute atomic E-state index is 0.0102. The third-order valence-electron chi connectivity index (χ3n) is 5.51. The Morgan fingerprint density at radius 3 is 2.29 bits per heavy atom. The zero-order valence-corrected chi connectivity index (χ0v) is 20.5. The highest BCUT2D eigenvalue weighted by molar-refractivity contribution is 8.20. The van der Waals surface area contributed by atoms with Gasteiger partial charge in [0, 0.05) is 0 Å². The van der Waals surface area contributed by atoms with Gasteiger partial charge in [0.05, 0.1) is 12.7 Å². The van der Waals surface area contributed by atoms with Crippen molar-refractivity contribution >= 4 is 37.8 Å². The van der Waals surface area contributed by atoms with Gasteiger partial charge in [0.25, 0.3) is 0 Å². The Labute approximate surface area is 179 Å². The molecule has 0 spiro atoms. The summed E-state index contributed by atoms with van der Waals surface area (Å²) in [6.07, 6.45) is -0.564. The SMILES string of the molecule is CCOC(=O)C1(C(O)[C@H](O[Si](C)(C)C(C)(C)C)c2ccccc2)SCCCS1. The molecule has 0 bridgehead atoms. The molecule has 28 heavy (non-hydrogen) atoms. The molecule has 1 aliphatic rings. The number of carbonyl (C=O) groups excluding carboxylic acids is 1. The molecule has 1 N–H and O–H groups in total. The van der Waals surface area contributed by atoms with E-state index in [0.29, 0.717) is 6.61 Å². The van der Waals surface area contributed by atoms with E-state index in [1.165, 1.54) is 23.5 Å². The molecule has 2 atom stereocenters. The Balaban J connectivity index is 2.47. The van der Waals surface area contributed by atoms with Crippen molar-refractivity contribution in [2.45, 2.75) is 68.5 Å². The summed E-state index contributed by atoms with van der Waals surface area (Å²) in [5, 5.41) is 11.6. The van der Waals surface area contributed by atoms with Crippen LogP contribution in [0.4, 0.5) is 0 Å². The van der Waals surface area contributed by atoms with Gasteiger partial charge in [0.15, 0.2) is 12.4 Å². The summed E-state index contributed by atoms with van der Waals surface area (Å²) in [5.74, 6) is 1.30. The van der Waals surface area contributed by atoms with E-state index in [0.717, 1.165) is 23.5 Å². The quantitative estimate of drug-likeness (QED) is 0.460. The standard InChI is InChI=1S/C21H34O4S2Si/c1-7-24-19(23)21(26-14-11-15-27-21)18(22)17(16-12-9-8-10-13-16)25-28(5,6)20(2,3)4/h8-10,12-13,17-18,22H,7,11,14-15H2,1-6H3/t17-,18?/m1/s1. The van der Waals surface area contributed by atoms with Crippen molar-refractivity contribution in [3.63, 3.8) is 0 Å². The zero-order valence-electron chi connectivity index (χ0n) is 17.9. The molecule has 158 valence electrons. The number of esters is 1. The number of hydrogen-bond acceptors (Lipinski definition) is 6. The van der Waals surface area contributed by atoms with Crippen molar-refractivity contribution in [1.29, 1.82) is 0 Å². The Morgan fingerprint density at radius 1 is 1.21 bits per heavy atom. The molecule has 7 heteroatoms. The molecule has 0 amide bonds. The fourth-order valence-electron chi connectivity index (χ4n) is 2.84. The summed E-state index contributed by atoms with van der Waals surface area (Å²) < 4.78 is 11.1. The normalized spacial score (nSPS) is 19.7. The largest absolute Gasteiger partial charge is 0.464 e. The van der Waals surface area contributed by atoms with Gasteiger partial charge < -0.3 is 14.3 Å². The molecule has 1 heterocycles. The summed E-state index contributed by atoms with van der Waals surface area (Å²) in [7, 11) is -2.19. The van der Waals surface area contributed by atoms with Gasteiger partial charge in [-0.3, -0.25) is 0 Å². The lowest BCUT2D eigenvalue weighted by atomic mass is 10.0. The number of thioether (sulfide) groups is 2. The van der Waals surface area contributed by atoms with Crippen molar-refractivity contribution in [2.75, 3.05) is 18.1 Å². The second-order valence-electron chi connectivity index (χ2n) is 8.59. The van der Waals surface area contributed by atoms with Crippen LogP contribution in [0.3, 0.4) is 0 Å². The van der Waals surface area contributed by atoms with Crippen LogP contribution in [0.2, 0.25) is 18.1 Å². The number of aliphatic hydroxyl groups excluding tert-OH is 1. The first-order valence-electron chi connectivity index (χ1n) is 9.91. The minimum Gasteiger partial charge on any atom is -0.464 e. The minimum atomic E-state index is -2.19. The summed E-state index contributed by atoms with van der Waals surface area (Å²) in [4.78, 5) is 13.0. The number of hydrogen-bond donors (Lipinski definition) is 1. The molecule has 1 aliphatic heterocycles. The smallest absolute Gasteiger partial charge is 0.335 e. The van der Waals surface area contributed by atoms with Gasteiger partial charge in [0.1, 0.15) is 6.10 Å². The van der Waals surface area contributed by atoms with E-state index >= 15 is 0 Å². The Hall–Kier alpha value is -0.473. The second kappa shape index (κ2) is 9.56. The van der Waals surface area contributed by atoms with Gasteiger partial charge in [-0.2, -0.15) is 0 Å². The van der Waals surface area contributed by atoms with Crippen molar-refractivity contribution in [3.05, 3.63) is 35.9 Å². The van der Waals surface area contributed by atoms with E-state index in [1.54, 1.807) is 6.92 Å². The monoisotopic (exact) mass is 442 g/mol. The molecule has 1 fully saturated rings. The van der Waals surface area contributed by atoms with E-state index in [4.69, 9.17) is 9.16 Å². The van der Waals surface area contributed by atoms with Crippen LogP contribution in [0.5, 0.6) is 0 Å². The Morgan fingerprint density at radius 2 is 1.79 bits per heavy atom. The molecule has 1 aromatic rings. The molecule has 1 unspecified atom stereocenters. The molecule has 0 aliphatic carbocycles. The van der Waals surface area contributed by atoms with Crippen molar-refractivity contribution in [2.24, 2.45) is 0 Å². The van der Waals surface area contributed by atoms with Crippen molar-refractivity contribution in [1.82, 2.24) is 0 Å². The van der Waals surface area contributed by atoms with Crippen LogP contribution < -0.4 is 0 Å². The van der Waals surface area contributed by atoms with Gasteiger partial charge in [-0.05, 0) is 48.5 Å². The molecule has 4 nitrogen and oxygen atoms in total. The highest BCUT2D eigenvalue weighted by Crippen LogP contribution is 2.51. The van der Waals surface area contributed by atoms with Crippen LogP contribution in [0, 0.1) is 0 Å². The Kier molecular flexibility index (Phi) is 8.12. The summed E-state index contributed by atoms with van der Waals surface area (Å²) in [5.41, 5.74) is 0.898. The van der Waals surface area contributed by atoms with Gasteiger partial charge in [-0.15, -0.1) is 23.5 Å². The van der Waals surface area contributed by atoms with Gasteiger partial charge in [-0.25, -0.2) is 4.79 Å². The fraction of sp³-hybridized carbons (Fsp3) is 0.667. The van der Waals surface area contributed by atoms with Crippen molar-refractivity contribution < 1.29 is 19.1 Å². The lowest BCUT2D eigenvalue weighted by molar-refractivity contribution is -0.147. The lowest BCUT2D eigenvalue weighted by Crippen LogP contribution is -2.53. The lowest BCUT2D eigenvalue weighted by Gasteiger charge is -2.45. The average Bonchev–Trinajstić information content (AvgIpc) is 2.66. The van der Waals surface area contributed by atoms with Crippen LogP contribution in [0.25, 0.3) is 0 Å². The van der Waals surface area contributed by atoms with Crippen molar-refractivity contribution in [3.8, 4) is 0 Å². The molecule has 2 rings (SSSR count). The van der Waals surface area contributed by atoms with E-state index in [1.807, 2.05) is 30.3 Å². The summed E-state index contributed by atoms with van der Waals surface area (Å²) >= 11 is 2.99. The third-order valence-corrected chi connectivity index (χ3v) is 13.3. The highest BCUT2D eigenvalue weighted by atomic mass is 32.2. The maximum absolute atomic E-state index is 13.0. The molecule has 0 aromatic heterocycles. The molecular weight excluding hydrogens is 408 g/mol. The molecule has 0 saturated carbocycles. The van der Waals surface area contributed by atoms with Crippen LogP contribution in [0.15, 0.2) is 30.3 Å². The number of benzene rings is 1. The fourth-order valence-corrected chi connectivity index (χ4v) is 7.24. The van der Waals surface area contributed by atoms with E-state index in [-0.39, 0.29) is 11.0 Å². The third kappa shape index (κ3) is 5.16. The number of ether oxygens (including phenoxy) is 1. The molecule has 1 saturated heterocycles. The van der Waals surface area contributed by atoms with E-state index in [2.05, 4.69) is 33.9 Å². The van der Waals surface area contributed by atoms with Crippen LogP contribution in [0.1, 0.15) is 45.8 Å². The number of rotatable bonds is 7. The first-order valence-corrected chi connectivity index (χ1v) is 14.8. The predicted octanol–water partition coefficient (Wildman–Crippen LogP) is 5.24. The van der Waals surface area contributed by atoms with Gasteiger partial charge in [-0.1, -0.05) is 51.1 Å². The first-order chi connectivity index (χ1) is 13.0. The molecule has 1 aromatic carbocycles. The van der Waals surface area contributed by atoms with Gasteiger partial charge >= 0.3 is 5.97 Å². The van der Waals surface area contributed by atoms with Gasteiger partial charge in [0.2, 0.25) is 0 Å². The highest BCUT2D eigenvalue weighted by Gasteiger charge is 2.54. The molecule has 0 radical (unpaired) electrons. The van der Waals surface area contributed by atoms with Crippen LogP contribution in [-0.4, -0.2) is 47.7 Å². The summed E-state index contributed by atoms with van der Waals surface area (Å²) in [6.45, 7) is 13.0.